The molecule has 204 valence electrons. The van der Waals surface area contributed by atoms with Crippen LogP contribution in [0.3, 0.4) is 0 Å². The first-order valence-electron chi connectivity index (χ1n) is 13.4. The number of aromatic hydroxyl groups is 2. The third kappa shape index (κ3) is 5.47. The quantitative estimate of drug-likeness (QED) is 0.264. The van der Waals surface area contributed by atoms with Gasteiger partial charge in [-0.3, -0.25) is 0 Å². The van der Waals surface area contributed by atoms with E-state index in [0.717, 1.165) is 67.5 Å². The topological polar surface area (TPSA) is 58.9 Å². The maximum absolute atomic E-state index is 10.1. The SMILES string of the molecule is Cc1cc(Oc2c(C)cc(C(C)(C)c3cc(C)c(Oc4cc(C)c(O)c(C)c4)c(C)c3)cc2C)cc(C)c1O. The van der Waals surface area contributed by atoms with Crippen molar-refractivity contribution in [1.29, 1.82) is 0 Å². The lowest BCUT2D eigenvalue weighted by Gasteiger charge is -2.29. The molecule has 0 aliphatic heterocycles. The molecule has 2 N–H and O–H groups in total. The monoisotopic (exact) mass is 524 g/mol. The van der Waals surface area contributed by atoms with Crippen molar-refractivity contribution < 1.29 is 19.7 Å². The largest absolute Gasteiger partial charge is 0.507 e. The van der Waals surface area contributed by atoms with Crippen LogP contribution in [0.5, 0.6) is 34.5 Å². The van der Waals surface area contributed by atoms with Gasteiger partial charge in [-0.05, 0) is 135 Å². The Labute approximate surface area is 232 Å². The van der Waals surface area contributed by atoms with Crippen molar-refractivity contribution in [3.8, 4) is 34.5 Å². The van der Waals surface area contributed by atoms with Crippen LogP contribution in [0.25, 0.3) is 0 Å². The summed E-state index contributed by atoms with van der Waals surface area (Å²) in [6.07, 6.45) is 0. The van der Waals surface area contributed by atoms with Gasteiger partial charge in [-0.15, -0.1) is 0 Å². The molecule has 0 spiro atoms. The fraction of sp³-hybridized carbons (Fsp3) is 0.314. The molecule has 4 aromatic rings. The number of aryl methyl sites for hydroxylation is 8. The number of phenolic OH excluding ortho intramolecular Hbond substituents is 2. The minimum absolute atomic E-state index is 0.250. The Morgan fingerprint density at radius 3 is 0.949 bits per heavy atom. The van der Waals surface area contributed by atoms with Crippen LogP contribution in [0.2, 0.25) is 0 Å². The number of rotatable bonds is 6. The van der Waals surface area contributed by atoms with Gasteiger partial charge in [0.1, 0.15) is 34.5 Å². The number of phenols is 2. The zero-order chi connectivity index (χ0) is 28.8. The molecule has 4 rings (SSSR count). The Morgan fingerprint density at radius 1 is 0.436 bits per heavy atom. The van der Waals surface area contributed by atoms with Gasteiger partial charge in [-0.2, -0.15) is 0 Å². The van der Waals surface area contributed by atoms with Crippen LogP contribution in [0.15, 0.2) is 48.5 Å². The zero-order valence-corrected chi connectivity index (χ0v) is 24.8. The highest BCUT2D eigenvalue weighted by Crippen LogP contribution is 2.41. The summed E-state index contributed by atoms with van der Waals surface area (Å²) in [5.74, 6) is 3.75. The summed E-state index contributed by atoms with van der Waals surface area (Å²) in [6, 6.07) is 16.3. The first-order valence-corrected chi connectivity index (χ1v) is 13.4. The minimum Gasteiger partial charge on any atom is -0.507 e. The third-order valence-electron chi connectivity index (χ3n) is 7.73. The second-order valence-electron chi connectivity index (χ2n) is 11.5. The lowest BCUT2D eigenvalue weighted by molar-refractivity contribution is 0.453. The first kappa shape index (κ1) is 28.1. The third-order valence-corrected chi connectivity index (χ3v) is 7.73. The van der Waals surface area contributed by atoms with Gasteiger partial charge in [0.25, 0.3) is 0 Å². The zero-order valence-electron chi connectivity index (χ0n) is 24.8. The number of benzene rings is 4. The van der Waals surface area contributed by atoms with Crippen LogP contribution in [-0.2, 0) is 5.41 Å². The lowest BCUT2D eigenvalue weighted by atomic mass is 9.76. The van der Waals surface area contributed by atoms with Gasteiger partial charge in [-0.1, -0.05) is 38.1 Å². The van der Waals surface area contributed by atoms with E-state index in [1.807, 2.05) is 52.0 Å². The van der Waals surface area contributed by atoms with Crippen molar-refractivity contribution in [3.05, 3.63) is 104 Å². The molecule has 0 atom stereocenters. The van der Waals surface area contributed by atoms with Crippen LogP contribution in [-0.4, -0.2) is 10.2 Å². The Hall–Kier alpha value is -3.92. The maximum Gasteiger partial charge on any atom is 0.133 e. The smallest absolute Gasteiger partial charge is 0.133 e. The molecule has 39 heavy (non-hydrogen) atoms. The van der Waals surface area contributed by atoms with E-state index < -0.39 is 0 Å². The summed E-state index contributed by atoms with van der Waals surface area (Å²) in [5, 5.41) is 20.3. The highest BCUT2D eigenvalue weighted by Gasteiger charge is 2.27. The lowest BCUT2D eigenvalue weighted by Crippen LogP contribution is -2.20. The van der Waals surface area contributed by atoms with Crippen LogP contribution in [0, 0.1) is 55.4 Å². The van der Waals surface area contributed by atoms with E-state index in [2.05, 4.69) is 65.8 Å². The van der Waals surface area contributed by atoms with Crippen molar-refractivity contribution in [3.63, 3.8) is 0 Å². The Kier molecular flexibility index (Phi) is 7.44. The second kappa shape index (κ2) is 10.3. The predicted molar refractivity (Wildman–Crippen MR) is 159 cm³/mol. The number of hydrogen-bond acceptors (Lipinski definition) is 4. The maximum atomic E-state index is 10.1. The highest BCUT2D eigenvalue weighted by atomic mass is 16.5. The molecule has 0 aliphatic rings. The summed E-state index contributed by atoms with van der Waals surface area (Å²) < 4.78 is 12.6. The van der Waals surface area contributed by atoms with E-state index in [4.69, 9.17) is 9.47 Å². The summed E-state index contributed by atoms with van der Waals surface area (Å²) in [5.41, 5.74) is 9.61. The Morgan fingerprint density at radius 2 is 0.692 bits per heavy atom. The molecule has 0 unspecified atom stereocenters. The Balaban J connectivity index is 1.66. The van der Waals surface area contributed by atoms with Crippen molar-refractivity contribution in [2.75, 3.05) is 0 Å². The van der Waals surface area contributed by atoms with Crippen LogP contribution in [0.4, 0.5) is 0 Å². The summed E-state index contributed by atoms with van der Waals surface area (Å²) in [6.45, 7) is 20.3. The molecule has 0 aliphatic carbocycles. The first-order chi connectivity index (χ1) is 18.2. The predicted octanol–water partition coefficient (Wildman–Crippen LogP) is 9.48. The molecule has 0 bridgehead atoms. The standard InChI is InChI=1S/C35H40O4/c1-19-15-29(16-20(2)31(19)36)38-33-23(5)11-27(12-24(33)6)35(9,10)28-13-25(7)34(26(8)14-28)39-30-17-21(3)32(37)22(4)18-30/h11-18,36-37H,1-10H3. The van der Waals surface area contributed by atoms with Gasteiger partial charge in [0.05, 0.1) is 0 Å². The molecule has 0 amide bonds. The summed E-state index contributed by atoms with van der Waals surface area (Å²) in [4.78, 5) is 0. The molecule has 0 heterocycles. The summed E-state index contributed by atoms with van der Waals surface area (Å²) >= 11 is 0. The van der Waals surface area contributed by atoms with E-state index in [0.29, 0.717) is 11.5 Å². The van der Waals surface area contributed by atoms with E-state index >= 15 is 0 Å². The van der Waals surface area contributed by atoms with Gasteiger partial charge in [0.15, 0.2) is 0 Å². The Bertz CT molecular complexity index is 1370. The van der Waals surface area contributed by atoms with Gasteiger partial charge in [0.2, 0.25) is 0 Å². The van der Waals surface area contributed by atoms with Crippen LogP contribution in [0.1, 0.15) is 69.5 Å². The van der Waals surface area contributed by atoms with Gasteiger partial charge in [0, 0.05) is 5.41 Å². The fourth-order valence-electron chi connectivity index (χ4n) is 5.30. The molecule has 0 aromatic heterocycles. The molecular weight excluding hydrogens is 484 g/mol. The highest BCUT2D eigenvalue weighted by molar-refractivity contribution is 5.55. The molecule has 0 fully saturated rings. The van der Waals surface area contributed by atoms with E-state index in [1.165, 1.54) is 11.1 Å². The minimum atomic E-state index is -0.250. The van der Waals surface area contributed by atoms with E-state index in [1.54, 1.807) is 0 Å². The number of hydrogen-bond donors (Lipinski definition) is 2. The van der Waals surface area contributed by atoms with Crippen molar-refractivity contribution in [2.45, 2.75) is 74.7 Å². The number of ether oxygens (including phenoxy) is 2. The van der Waals surface area contributed by atoms with Gasteiger partial charge >= 0.3 is 0 Å². The molecule has 0 saturated heterocycles. The summed E-state index contributed by atoms with van der Waals surface area (Å²) in [7, 11) is 0. The molecule has 4 heteroatoms. The molecule has 4 aromatic carbocycles. The molecule has 0 radical (unpaired) electrons. The average molecular weight is 525 g/mol. The average Bonchev–Trinajstić information content (AvgIpc) is 2.85. The normalized spacial score (nSPS) is 11.5. The van der Waals surface area contributed by atoms with Crippen molar-refractivity contribution in [1.82, 2.24) is 0 Å². The molecular formula is C35H40O4. The van der Waals surface area contributed by atoms with Crippen LogP contribution < -0.4 is 9.47 Å². The van der Waals surface area contributed by atoms with Crippen LogP contribution >= 0.6 is 0 Å². The second-order valence-corrected chi connectivity index (χ2v) is 11.5. The van der Waals surface area contributed by atoms with Crippen molar-refractivity contribution >= 4 is 0 Å². The van der Waals surface area contributed by atoms with Crippen molar-refractivity contribution in [2.24, 2.45) is 0 Å². The fourth-order valence-corrected chi connectivity index (χ4v) is 5.30. The molecule has 0 saturated carbocycles. The van der Waals surface area contributed by atoms with E-state index in [9.17, 15) is 10.2 Å². The molecule has 4 nitrogen and oxygen atoms in total. The van der Waals surface area contributed by atoms with Gasteiger partial charge < -0.3 is 19.7 Å². The van der Waals surface area contributed by atoms with E-state index in [-0.39, 0.29) is 5.41 Å². The van der Waals surface area contributed by atoms with Gasteiger partial charge in [-0.25, -0.2) is 0 Å².